The highest BCUT2D eigenvalue weighted by Crippen LogP contribution is 2.44. The number of amides is 2. The number of fused-ring (bicyclic) bond motifs is 3. The molecule has 1 aliphatic heterocycles. The van der Waals surface area contributed by atoms with E-state index in [1.54, 1.807) is 7.05 Å². The molecule has 2 atom stereocenters. The van der Waals surface area contributed by atoms with E-state index in [2.05, 4.69) is 34.6 Å². The second-order valence-corrected chi connectivity index (χ2v) is 9.85. The second-order valence-electron chi connectivity index (χ2n) is 9.85. The van der Waals surface area contributed by atoms with Crippen molar-refractivity contribution in [3.05, 3.63) is 82.4 Å². The SMILES string of the molecule is CN(CCCC(=O)Nc1ccn([C@H]2CC[C@@H](CO)O2)c(=O)n1)C(=O)OCC1c2ccccc2-c2ccccc21. The number of ether oxygens (including phenoxy) is 2. The molecular formula is C29H32N4O6. The average molecular weight is 533 g/mol. The molecule has 1 aliphatic carbocycles. The number of benzene rings is 2. The van der Waals surface area contributed by atoms with Crippen molar-refractivity contribution >= 4 is 17.8 Å². The van der Waals surface area contributed by atoms with E-state index < -0.39 is 18.0 Å². The number of carbonyl (C=O) groups is 2. The molecule has 2 heterocycles. The number of carbonyl (C=O) groups excluding carboxylic acids is 2. The Balaban J connectivity index is 1.07. The van der Waals surface area contributed by atoms with Crippen LogP contribution in [0.15, 0.2) is 65.6 Å². The van der Waals surface area contributed by atoms with Gasteiger partial charge in [0, 0.05) is 32.1 Å². The number of aromatic nitrogens is 2. The summed E-state index contributed by atoms with van der Waals surface area (Å²) in [5, 5.41) is 11.8. The van der Waals surface area contributed by atoms with Crippen LogP contribution in [0.1, 0.15) is 49.0 Å². The van der Waals surface area contributed by atoms with E-state index in [9.17, 15) is 19.5 Å². The van der Waals surface area contributed by atoms with E-state index in [0.717, 1.165) is 11.1 Å². The summed E-state index contributed by atoms with van der Waals surface area (Å²) in [4.78, 5) is 42.8. The molecule has 3 aromatic rings. The minimum absolute atomic E-state index is 0.0141. The van der Waals surface area contributed by atoms with Crippen LogP contribution in [0, 0.1) is 0 Å². The van der Waals surface area contributed by atoms with Gasteiger partial charge >= 0.3 is 11.8 Å². The largest absolute Gasteiger partial charge is 0.448 e. The summed E-state index contributed by atoms with van der Waals surface area (Å²) in [6, 6.07) is 17.9. The molecule has 10 nitrogen and oxygen atoms in total. The molecular weight excluding hydrogens is 500 g/mol. The molecule has 10 heteroatoms. The third-order valence-electron chi connectivity index (χ3n) is 7.24. The van der Waals surface area contributed by atoms with Crippen LogP contribution in [0.3, 0.4) is 0 Å². The van der Waals surface area contributed by atoms with Crippen molar-refractivity contribution in [3.8, 4) is 11.1 Å². The first kappa shape index (κ1) is 26.6. The molecule has 0 spiro atoms. The van der Waals surface area contributed by atoms with Gasteiger partial charge in [0.1, 0.15) is 18.7 Å². The topological polar surface area (TPSA) is 123 Å². The van der Waals surface area contributed by atoms with Crippen molar-refractivity contribution in [1.82, 2.24) is 14.5 Å². The predicted octanol–water partition coefficient (Wildman–Crippen LogP) is 3.51. The van der Waals surface area contributed by atoms with Crippen molar-refractivity contribution < 1.29 is 24.2 Å². The number of rotatable bonds is 9. The highest BCUT2D eigenvalue weighted by Gasteiger charge is 2.29. The Morgan fingerprint density at radius 3 is 2.44 bits per heavy atom. The van der Waals surface area contributed by atoms with E-state index in [1.165, 1.54) is 32.9 Å². The number of aliphatic hydroxyl groups excluding tert-OH is 1. The lowest BCUT2D eigenvalue weighted by Gasteiger charge is -2.19. The normalized spacial score (nSPS) is 17.9. The Bertz CT molecular complexity index is 1360. The molecule has 2 aliphatic rings. The van der Waals surface area contributed by atoms with Crippen LogP contribution in [-0.4, -0.2) is 64.5 Å². The zero-order chi connectivity index (χ0) is 27.4. The molecule has 2 aromatic carbocycles. The molecule has 0 unspecified atom stereocenters. The lowest BCUT2D eigenvalue weighted by Crippen LogP contribution is -2.30. The Labute approximate surface area is 226 Å². The fraction of sp³-hybridized carbons (Fsp3) is 0.379. The summed E-state index contributed by atoms with van der Waals surface area (Å²) in [7, 11) is 1.64. The number of anilines is 1. The number of aliphatic hydroxyl groups is 1. The molecule has 39 heavy (non-hydrogen) atoms. The number of hydrogen-bond donors (Lipinski definition) is 2. The maximum Gasteiger partial charge on any atom is 0.409 e. The molecule has 0 saturated carbocycles. The summed E-state index contributed by atoms with van der Waals surface area (Å²) >= 11 is 0. The Morgan fingerprint density at radius 1 is 1.10 bits per heavy atom. The third-order valence-corrected chi connectivity index (χ3v) is 7.24. The lowest BCUT2D eigenvalue weighted by atomic mass is 9.98. The fourth-order valence-electron chi connectivity index (χ4n) is 5.20. The quantitative estimate of drug-likeness (QED) is 0.432. The molecule has 1 aromatic heterocycles. The van der Waals surface area contributed by atoms with Crippen LogP contribution < -0.4 is 11.0 Å². The van der Waals surface area contributed by atoms with E-state index in [4.69, 9.17) is 9.47 Å². The summed E-state index contributed by atoms with van der Waals surface area (Å²) < 4.78 is 12.6. The molecule has 2 N–H and O–H groups in total. The highest BCUT2D eigenvalue weighted by molar-refractivity contribution is 5.89. The Morgan fingerprint density at radius 2 is 1.79 bits per heavy atom. The summed E-state index contributed by atoms with van der Waals surface area (Å²) in [6.45, 7) is 0.481. The zero-order valence-electron chi connectivity index (χ0n) is 21.8. The van der Waals surface area contributed by atoms with E-state index in [0.29, 0.717) is 25.8 Å². The standard InChI is InChI=1S/C29H32N4O6/c1-32(29(37)38-18-24-22-9-4-2-7-20(22)21-8-3-5-10-23(21)24)15-6-11-26(35)30-25-14-16-33(28(36)31-25)27-13-12-19(17-34)39-27/h2-5,7-10,14,16,19,24,27,34H,6,11-13,15,17-18H2,1H3,(H,30,31,35,36)/t19-,27+/m0/s1. The van der Waals surface area contributed by atoms with Crippen molar-refractivity contribution in [1.29, 1.82) is 0 Å². The van der Waals surface area contributed by atoms with E-state index >= 15 is 0 Å². The van der Waals surface area contributed by atoms with Crippen LogP contribution >= 0.6 is 0 Å². The molecule has 204 valence electrons. The molecule has 2 amide bonds. The first-order valence-corrected chi connectivity index (χ1v) is 13.2. The molecule has 1 saturated heterocycles. The molecule has 5 rings (SSSR count). The summed E-state index contributed by atoms with van der Waals surface area (Å²) in [5.74, 6) is -0.166. The highest BCUT2D eigenvalue weighted by atomic mass is 16.6. The maximum absolute atomic E-state index is 12.6. The van der Waals surface area contributed by atoms with Gasteiger partial charge in [-0.15, -0.1) is 0 Å². The minimum Gasteiger partial charge on any atom is -0.448 e. The van der Waals surface area contributed by atoms with Crippen LogP contribution in [0.5, 0.6) is 0 Å². The monoisotopic (exact) mass is 532 g/mol. The average Bonchev–Trinajstić information content (AvgIpc) is 3.54. The number of nitrogens with one attached hydrogen (secondary N) is 1. The van der Waals surface area contributed by atoms with Gasteiger partial charge in [-0.25, -0.2) is 9.59 Å². The van der Waals surface area contributed by atoms with Crippen molar-refractivity contribution in [2.45, 2.75) is 43.9 Å². The second kappa shape index (κ2) is 11.8. The van der Waals surface area contributed by atoms with Crippen molar-refractivity contribution in [3.63, 3.8) is 0 Å². The first-order valence-electron chi connectivity index (χ1n) is 13.2. The van der Waals surface area contributed by atoms with Gasteiger partial charge in [-0.3, -0.25) is 9.36 Å². The van der Waals surface area contributed by atoms with Crippen LogP contribution in [0.4, 0.5) is 10.6 Å². The molecule has 1 fully saturated rings. The number of hydrogen-bond acceptors (Lipinski definition) is 7. The van der Waals surface area contributed by atoms with E-state index in [-0.39, 0.29) is 43.4 Å². The van der Waals surface area contributed by atoms with Gasteiger partial charge in [0.2, 0.25) is 5.91 Å². The van der Waals surface area contributed by atoms with E-state index in [1.807, 2.05) is 24.3 Å². The van der Waals surface area contributed by atoms with Gasteiger partial charge in [-0.1, -0.05) is 48.5 Å². The van der Waals surface area contributed by atoms with Gasteiger partial charge in [0.25, 0.3) is 0 Å². The predicted molar refractivity (Wildman–Crippen MR) is 144 cm³/mol. The minimum atomic E-state index is -0.536. The third kappa shape index (κ3) is 5.86. The molecule has 0 bridgehead atoms. The number of nitrogens with zero attached hydrogens (tertiary/aromatic N) is 3. The molecule has 0 radical (unpaired) electrons. The van der Waals surface area contributed by atoms with Crippen LogP contribution in [0.2, 0.25) is 0 Å². The summed E-state index contributed by atoms with van der Waals surface area (Å²) in [6.07, 6.45) is 2.16. The zero-order valence-corrected chi connectivity index (χ0v) is 21.8. The van der Waals surface area contributed by atoms with Gasteiger partial charge in [0.15, 0.2) is 0 Å². The smallest absolute Gasteiger partial charge is 0.409 e. The van der Waals surface area contributed by atoms with Crippen molar-refractivity contribution in [2.24, 2.45) is 0 Å². The van der Waals surface area contributed by atoms with Crippen LogP contribution in [-0.2, 0) is 14.3 Å². The lowest BCUT2D eigenvalue weighted by molar-refractivity contribution is -0.116. The maximum atomic E-state index is 12.6. The van der Waals surface area contributed by atoms with Gasteiger partial charge in [0.05, 0.1) is 12.7 Å². The van der Waals surface area contributed by atoms with Gasteiger partial charge < -0.3 is 24.8 Å². The van der Waals surface area contributed by atoms with Crippen LogP contribution in [0.25, 0.3) is 11.1 Å². The summed E-state index contributed by atoms with van der Waals surface area (Å²) in [5.41, 5.74) is 4.10. The van der Waals surface area contributed by atoms with Crippen molar-refractivity contribution in [2.75, 3.05) is 32.1 Å². The van der Waals surface area contributed by atoms with Gasteiger partial charge in [-0.2, -0.15) is 4.98 Å². The van der Waals surface area contributed by atoms with Gasteiger partial charge in [-0.05, 0) is 47.6 Å². The Hall–Kier alpha value is -4.02. The first-order chi connectivity index (χ1) is 18.9. The Kier molecular flexibility index (Phi) is 8.04. The fourth-order valence-corrected chi connectivity index (χ4v) is 5.20.